The third-order valence-electron chi connectivity index (χ3n) is 12.6. The quantitative estimate of drug-likeness (QED) is 0.0321. The largest absolute Gasteiger partial charge is 0.466 e. The fourth-order valence-corrected chi connectivity index (χ4v) is 8.25. The van der Waals surface area contributed by atoms with Gasteiger partial charge in [0.1, 0.15) is 0 Å². The van der Waals surface area contributed by atoms with Gasteiger partial charge in [-0.1, -0.05) is 229 Å². The van der Waals surface area contributed by atoms with Gasteiger partial charge in [0, 0.05) is 12.8 Å². The summed E-state index contributed by atoms with van der Waals surface area (Å²) in [4.78, 5) is 24.5. The number of carbonyl (C=O) groups excluding carboxylic acids is 2. The van der Waals surface area contributed by atoms with Crippen LogP contribution in [0, 0.1) is 0 Å². The first-order valence-corrected chi connectivity index (χ1v) is 27.9. The van der Waals surface area contributed by atoms with E-state index in [9.17, 15) is 19.8 Å². The Morgan fingerprint density at radius 2 is 0.781 bits per heavy atom. The fraction of sp³-hybridized carbons (Fsp3) is 0.828. The maximum atomic E-state index is 12.4. The van der Waals surface area contributed by atoms with Crippen molar-refractivity contribution < 1.29 is 24.5 Å². The number of nitrogens with one attached hydrogen (secondary N) is 1. The molecule has 0 saturated carbocycles. The molecule has 64 heavy (non-hydrogen) atoms. The summed E-state index contributed by atoms with van der Waals surface area (Å²) >= 11 is 0. The summed E-state index contributed by atoms with van der Waals surface area (Å²) in [6.07, 6.45) is 66.9. The number of ether oxygens (including phenoxy) is 1. The van der Waals surface area contributed by atoms with Crippen LogP contribution in [0.2, 0.25) is 0 Å². The van der Waals surface area contributed by atoms with Crippen LogP contribution in [0.5, 0.6) is 0 Å². The van der Waals surface area contributed by atoms with Crippen LogP contribution in [0.25, 0.3) is 0 Å². The molecule has 2 atom stereocenters. The Morgan fingerprint density at radius 3 is 1.23 bits per heavy atom. The Hall–Kier alpha value is -2.18. The van der Waals surface area contributed by atoms with Gasteiger partial charge in [0.15, 0.2) is 0 Å². The molecule has 0 aliphatic rings. The van der Waals surface area contributed by atoms with Gasteiger partial charge >= 0.3 is 5.97 Å². The monoisotopic (exact) mass is 898 g/mol. The Balaban J connectivity index is 3.50. The van der Waals surface area contributed by atoms with Crippen LogP contribution in [-0.2, 0) is 14.3 Å². The average Bonchev–Trinajstić information content (AvgIpc) is 3.29. The number of aliphatic hydroxyl groups is 2. The lowest BCUT2D eigenvalue weighted by molar-refractivity contribution is -0.143. The third kappa shape index (κ3) is 49.3. The van der Waals surface area contributed by atoms with E-state index in [0.717, 1.165) is 64.2 Å². The predicted octanol–water partition coefficient (Wildman–Crippen LogP) is 17.0. The van der Waals surface area contributed by atoms with Gasteiger partial charge < -0.3 is 20.3 Å². The van der Waals surface area contributed by atoms with Crippen LogP contribution in [0.4, 0.5) is 0 Å². The van der Waals surface area contributed by atoms with Gasteiger partial charge in [-0.2, -0.15) is 0 Å². The molecule has 0 aliphatic carbocycles. The molecule has 374 valence electrons. The van der Waals surface area contributed by atoms with Crippen molar-refractivity contribution >= 4 is 11.9 Å². The topological polar surface area (TPSA) is 95.9 Å². The SMILES string of the molecule is CCCCC/C=C\C/C=C\CCCCCCCC(=O)OCCCCCCCC/C=C\CCCCCCCCCC(=O)NC(CO)C(O)/C=C/CCCCCCCCCCCCCCC. The summed E-state index contributed by atoms with van der Waals surface area (Å²) in [5.41, 5.74) is 0. The number of allylic oxidation sites excluding steroid dienone is 7. The second-order valence-corrected chi connectivity index (χ2v) is 18.9. The molecule has 6 nitrogen and oxygen atoms in total. The molecule has 2 unspecified atom stereocenters. The standard InChI is InChI=1S/C58H107NO5/c1-3-5-7-9-11-13-15-17-22-26-30-34-38-42-46-50-56(61)55(54-60)59-57(62)51-47-43-39-35-31-27-24-20-19-21-25-29-33-37-41-45-49-53-64-58(63)52-48-44-40-36-32-28-23-18-16-14-12-10-8-6-4-2/h12,14,18-19,21,23,46,50,55-56,60-61H,3-11,13,15-17,20,22,24-45,47-49,51-54H2,1-2H3,(H,59,62)/b14-12-,21-19-,23-18-,50-46+. The number of unbranched alkanes of at least 4 members (excludes halogenated alkanes) is 34. The van der Waals surface area contributed by atoms with E-state index in [4.69, 9.17) is 4.74 Å². The zero-order valence-electron chi connectivity index (χ0n) is 42.5. The lowest BCUT2D eigenvalue weighted by atomic mass is 10.0. The minimum Gasteiger partial charge on any atom is -0.466 e. The predicted molar refractivity (Wildman–Crippen MR) is 278 cm³/mol. The molecule has 0 heterocycles. The van der Waals surface area contributed by atoms with Crippen molar-refractivity contribution in [1.29, 1.82) is 0 Å². The van der Waals surface area contributed by atoms with E-state index in [1.807, 2.05) is 6.08 Å². The number of rotatable bonds is 51. The summed E-state index contributed by atoms with van der Waals surface area (Å²) in [6, 6.07) is -0.638. The average molecular weight is 898 g/mol. The molecule has 0 aliphatic heterocycles. The first kappa shape index (κ1) is 61.8. The van der Waals surface area contributed by atoms with E-state index < -0.39 is 12.1 Å². The second-order valence-electron chi connectivity index (χ2n) is 18.9. The zero-order valence-corrected chi connectivity index (χ0v) is 42.5. The molecule has 1 amide bonds. The first-order valence-electron chi connectivity index (χ1n) is 27.9. The summed E-state index contributed by atoms with van der Waals surface area (Å²) < 4.78 is 5.46. The van der Waals surface area contributed by atoms with Crippen molar-refractivity contribution in [3.8, 4) is 0 Å². The van der Waals surface area contributed by atoms with Crippen molar-refractivity contribution in [2.24, 2.45) is 0 Å². The van der Waals surface area contributed by atoms with Crippen LogP contribution in [0.15, 0.2) is 48.6 Å². The minimum atomic E-state index is -0.853. The molecule has 0 saturated heterocycles. The van der Waals surface area contributed by atoms with Crippen LogP contribution in [-0.4, -0.2) is 47.4 Å². The smallest absolute Gasteiger partial charge is 0.305 e. The summed E-state index contributed by atoms with van der Waals surface area (Å²) in [5.74, 6) is -0.0982. The van der Waals surface area contributed by atoms with E-state index in [-0.39, 0.29) is 18.5 Å². The lowest BCUT2D eigenvalue weighted by Gasteiger charge is -2.20. The van der Waals surface area contributed by atoms with E-state index >= 15 is 0 Å². The van der Waals surface area contributed by atoms with Gasteiger partial charge in [-0.15, -0.1) is 0 Å². The van der Waals surface area contributed by atoms with Gasteiger partial charge in [0.2, 0.25) is 5.91 Å². The summed E-state index contributed by atoms with van der Waals surface area (Å²) in [7, 11) is 0. The van der Waals surface area contributed by atoms with E-state index in [0.29, 0.717) is 19.4 Å². The Bertz CT molecular complexity index is 1080. The van der Waals surface area contributed by atoms with Crippen LogP contribution in [0.3, 0.4) is 0 Å². The normalized spacial score (nSPS) is 13.0. The number of carbonyl (C=O) groups is 2. The molecular formula is C58H107NO5. The Labute approximate surface area is 397 Å². The van der Waals surface area contributed by atoms with Gasteiger partial charge in [-0.25, -0.2) is 0 Å². The van der Waals surface area contributed by atoms with E-state index in [1.165, 1.54) is 193 Å². The highest BCUT2D eigenvalue weighted by Gasteiger charge is 2.18. The molecule has 0 rings (SSSR count). The molecule has 0 bridgehead atoms. The summed E-state index contributed by atoms with van der Waals surface area (Å²) in [5, 5.41) is 23.1. The lowest BCUT2D eigenvalue weighted by Crippen LogP contribution is -2.45. The fourth-order valence-electron chi connectivity index (χ4n) is 8.25. The number of hydrogen-bond donors (Lipinski definition) is 3. The van der Waals surface area contributed by atoms with Gasteiger partial charge in [0.05, 0.1) is 25.4 Å². The Kier molecular flexibility index (Phi) is 51.6. The van der Waals surface area contributed by atoms with Gasteiger partial charge in [-0.05, 0) is 89.9 Å². The second kappa shape index (κ2) is 53.4. The van der Waals surface area contributed by atoms with Crippen molar-refractivity contribution in [1.82, 2.24) is 5.32 Å². The van der Waals surface area contributed by atoms with Gasteiger partial charge in [-0.3, -0.25) is 9.59 Å². The molecule has 0 fully saturated rings. The molecule has 3 N–H and O–H groups in total. The highest BCUT2D eigenvalue weighted by Crippen LogP contribution is 2.15. The highest BCUT2D eigenvalue weighted by molar-refractivity contribution is 5.76. The zero-order chi connectivity index (χ0) is 46.5. The van der Waals surface area contributed by atoms with Crippen LogP contribution in [0.1, 0.15) is 284 Å². The molecule has 6 heteroatoms. The number of esters is 1. The molecule has 0 aromatic carbocycles. The van der Waals surface area contributed by atoms with Crippen molar-refractivity contribution in [3.63, 3.8) is 0 Å². The van der Waals surface area contributed by atoms with Crippen molar-refractivity contribution in [3.05, 3.63) is 48.6 Å². The maximum absolute atomic E-state index is 12.4. The Morgan fingerprint density at radius 1 is 0.438 bits per heavy atom. The number of amides is 1. The molecule has 0 aromatic heterocycles. The molecule has 0 aromatic rings. The number of aliphatic hydroxyl groups excluding tert-OH is 2. The van der Waals surface area contributed by atoms with Crippen LogP contribution < -0.4 is 5.32 Å². The molecule has 0 spiro atoms. The molecule has 0 radical (unpaired) electrons. The van der Waals surface area contributed by atoms with Crippen molar-refractivity contribution in [2.75, 3.05) is 13.2 Å². The highest BCUT2D eigenvalue weighted by atomic mass is 16.5. The minimum absolute atomic E-state index is 0.0174. The molecular weight excluding hydrogens is 791 g/mol. The van der Waals surface area contributed by atoms with E-state index in [1.54, 1.807) is 6.08 Å². The van der Waals surface area contributed by atoms with Crippen LogP contribution >= 0.6 is 0 Å². The van der Waals surface area contributed by atoms with Gasteiger partial charge in [0.25, 0.3) is 0 Å². The maximum Gasteiger partial charge on any atom is 0.305 e. The first-order chi connectivity index (χ1) is 31.5. The number of hydrogen-bond acceptors (Lipinski definition) is 5. The van der Waals surface area contributed by atoms with E-state index in [2.05, 4.69) is 55.6 Å². The summed E-state index contributed by atoms with van der Waals surface area (Å²) in [6.45, 7) is 4.84. The van der Waals surface area contributed by atoms with Crippen molar-refractivity contribution in [2.45, 2.75) is 296 Å². The third-order valence-corrected chi connectivity index (χ3v) is 12.6.